The molecule has 1 aliphatic rings. The summed E-state index contributed by atoms with van der Waals surface area (Å²) < 4.78 is 1.68. The smallest absolute Gasteiger partial charge is 0.140 e. The highest BCUT2D eigenvalue weighted by Gasteiger charge is 2.15. The number of aryl methyl sites for hydroxylation is 1. The maximum atomic E-state index is 11.8. The molecular weight excluding hydrogens is 214 g/mol. The van der Waals surface area contributed by atoms with Gasteiger partial charge in [0.15, 0.2) is 0 Å². The molecule has 1 saturated carbocycles. The van der Waals surface area contributed by atoms with Gasteiger partial charge in [-0.05, 0) is 12.3 Å². The van der Waals surface area contributed by atoms with Crippen molar-refractivity contribution in [2.24, 2.45) is 13.0 Å². The van der Waals surface area contributed by atoms with Crippen LogP contribution in [0.15, 0.2) is 6.33 Å². The summed E-state index contributed by atoms with van der Waals surface area (Å²) in [5.41, 5.74) is 0. The zero-order valence-corrected chi connectivity index (χ0v) is 10.6. The molecule has 0 aliphatic heterocycles. The molecule has 0 aromatic carbocycles. The first-order valence-electron chi connectivity index (χ1n) is 6.60. The van der Waals surface area contributed by atoms with Crippen LogP contribution in [0.5, 0.6) is 0 Å². The Hall–Kier alpha value is -1.19. The minimum absolute atomic E-state index is 0.298. The molecule has 1 heterocycles. The van der Waals surface area contributed by atoms with Crippen LogP contribution in [0.4, 0.5) is 0 Å². The third-order valence-electron chi connectivity index (χ3n) is 3.72. The number of rotatable bonds is 5. The minimum Gasteiger partial charge on any atom is -0.299 e. The minimum atomic E-state index is 0.298. The third kappa shape index (κ3) is 3.65. The van der Waals surface area contributed by atoms with Crippen LogP contribution >= 0.6 is 0 Å². The molecule has 0 atom stereocenters. The number of aromatic nitrogens is 3. The van der Waals surface area contributed by atoms with Gasteiger partial charge in [0.25, 0.3) is 0 Å². The average molecular weight is 235 g/mol. The molecule has 4 nitrogen and oxygen atoms in total. The first-order valence-corrected chi connectivity index (χ1v) is 6.60. The summed E-state index contributed by atoms with van der Waals surface area (Å²) in [4.78, 5) is 15.9. The largest absolute Gasteiger partial charge is 0.299 e. The maximum absolute atomic E-state index is 11.8. The molecule has 0 amide bonds. The Balaban J connectivity index is 1.72. The van der Waals surface area contributed by atoms with Gasteiger partial charge in [-0.2, -0.15) is 5.10 Å². The fourth-order valence-electron chi connectivity index (χ4n) is 2.59. The van der Waals surface area contributed by atoms with Gasteiger partial charge in [0.2, 0.25) is 0 Å². The number of hydrogen-bond donors (Lipinski definition) is 0. The zero-order chi connectivity index (χ0) is 12.1. The predicted octanol–water partition coefficient (Wildman–Crippen LogP) is 2.29. The van der Waals surface area contributed by atoms with E-state index in [0.717, 1.165) is 18.2 Å². The Morgan fingerprint density at radius 1 is 1.41 bits per heavy atom. The standard InChI is InChI=1S/C13H21N3O/c1-16-13(14-10-15-16)9-12(17)8-7-11-5-3-2-4-6-11/h10-11H,2-9H2,1H3. The Labute approximate surface area is 102 Å². The van der Waals surface area contributed by atoms with Gasteiger partial charge in [0, 0.05) is 13.5 Å². The van der Waals surface area contributed by atoms with Crippen molar-refractivity contribution in [3.05, 3.63) is 12.2 Å². The molecule has 4 heteroatoms. The lowest BCUT2D eigenvalue weighted by molar-refractivity contribution is -0.118. The van der Waals surface area contributed by atoms with Crippen LogP contribution in [0.1, 0.15) is 50.8 Å². The van der Waals surface area contributed by atoms with Gasteiger partial charge in [0.05, 0.1) is 6.42 Å². The van der Waals surface area contributed by atoms with Gasteiger partial charge in [-0.3, -0.25) is 9.48 Å². The van der Waals surface area contributed by atoms with Crippen LogP contribution in [0.2, 0.25) is 0 Å². The normalized spacial score (nSPS) is 17.2. The SMILES string of the molecule is Cn1ncnc1CC(=O)CCC1CCCCC1. The van der Waals surface area contributed by atoms with E-state index < -0.39 is 0 Å². The van der Waals surface area contributed by atoms with Crippen molar-refractivity contribution in [2.75, 3.05) is 0 Å². The number of hydrogen-bond acceptors (Lipinski definition) is 3. The first-order chi connectivity index (χ1) is 8.25. The molecule has 0 saturated heterocycles. The van der Waals surface area contributed by atoms with Crippen LogP contribution < -0.4 is 0 Å². The van der Waals surface area contributed by atoms with Gasteiger partial charge in [-0.1, -0.05) is 32.1 Å². The Morgan fingerprint density at radius 3 is 2.82 bits per heavy atom. The Bertz CT molecular complexity index is 366. The molecule has 1 fully saturated rings. The molecule has 1 aromatic rings. The van der Waals surface area contributed by atoms with Crippen LogP contribution in [-0.4, -0.2) is 20.5 Å². The van der Waals surface area contributed by atoms with E-state index in [9.17, 15) is 4.79 Å². The quantitative estimate of drug-likeness (QED) is 0.786. The fraction of sp³-hybridized carbons (Fsp3) is 0.769. The van der Waals surface area contributed by atoms with E-state index in [0.29, 0.717) is 18.6 Å². The van der Waals surface area contributed by atoms with Crippen LogP contribution in [0, 0.1) is 5.92 Å². The molecule has 17 heavy (non-hydrogen) atoms. The first kappa shape index (κ1) is 12.3. The predicted molar refractivity (Wildman–Crippen MR) is 65.5 cm³/mol. The van der Waals surface area contributed by atoms with Gasteiger partial charge >= 0.3 is 0 Å². The molecule has 94 valence electrons. The molecule has 0 N–H and O–H groups in total. The third-order valence-corrected chi connectivity index (χ3v) is 3.72. The number of carbonyl (C=O) groups excluding carboxylic acids is 1. The van der Waals surface area contributed by atoms with Crippen LogP contribution in [-0.2, 0) is 18.3 Å². The van der Waals surface area contributed by atoms with E-state index in [4.69, 9.17) is 0 Å². The monoisotopic (exact) mass is 235 g/mol. The van der Waals surface area contributed by atoms with Crippen LogP contribution in [0.3, 0.4) is 0 Å². The zero-order valence-electron chi connectivity index (χ0n) is 10.6. The molecule has 0 spiro atoms. The summed E-state index contributed by atoms with van der Waals surface area (Å²) in [6, 6.07) is 0. The summed E-state index contributed by atoms with van der Waals surface area (Å²) in [5, 5.41) is 3.97. The Morgan fingerprint density at radius 2 is 2.18 bits per heavy atom. The summed E-state index contributed by atoms with van der Waals surface area (Å²) in [7, 11) is 1.83. The lowest BCUT2D eigenvalue weighted by atomic mass is 9.85. The molecular formula is C13H21N3O. The second-order valence-corrected chi connectivity index (χ2v) is 5.06. The molecule has 1 aliphatic carbocycles. The molecule has 0 unspecified atom stereocenters. The van der Waals surface area contributed by atoms with Crippen molar-refractivity contribution in [1.29, 1.82) is 0 Å². The summed E-state index contributed by atoms with van der Waals surface area (Å²) in [5.74, 6) is 1.86. The number of Topliss-reactive ketones (excluding diaryl/α,β-unsaturated/α-hetero) is 1. The van der Waals surface area contributed by atoms with Crippen molar-refractivity contribution in [2.45, 2.75) is 51.4 Å². The van der Waals surface area contributed by atoms with Crippen molar-refractivity contribution < 1.29 is 4.79 Å². The van der Waals surface area contributed by atoms with E-state index in [2.05, 4.69) is 10.1 Å². The number of carbonyl (C=O) groups is 1. The van der Waals surface area contributed by atoms with Crippen LogP contribution in [0.25, 0.3) is 0 Å². The highest BCUT2D eigenvalue weighted by Crippen LogP contribution is 2.27. The van der Waals surface area contributed by atoms with Gasteiger partial charge in [-0.15, -0.1) is 0 Å². The van der Waals surface area contributed by atoms with Crippen molar-refractivity contribution >= 4 is 5.78 Å². The van der Waals surface area contributed by atoms with Crippen molar-refractivity contribution in [1.82, 2.24) is 14.8 Å². The lowest BCUT2D eigenvalue weighted by Gasteiger charge is -2.20. The molecule has 0 bridgehead atoms. The summed E-state index contributed by atoms with van der Waals surface area (Å²) in [6.45, 7) is 0. The van der Waals surface area contributed by atoms with Gasteiger partial charge in [-0.25, -0.2) is 4.98 Å². The van der Waals surface area contributed by atoms with Gasteiger partial charge < -0.3 is 0 Å². The summed E-state index contributed by atoms with van der Waals surface area (Å²) in [6.07, 6.45) is 10.4. The fourth-order valence-corrected chi connectivity index (χ4v) is 2.59. The topological polar surface area (TPSA) is 47.8 Å². The maximum Gasteiger partial charge on any atom is 0.140 e. The van der Waals surface area contributed by atoms with E-state index >= 15 is 0 Å². The lowest BCUT2D eigenvalue weighted by Crippen LogP contribution is -2.12. The van der Waals surface area contributed by atoms with E-state index in [1.165, 1.54) is 38.4 Å². The second-order valence-electron chi connectivity index (χ2n) is 5.06. The van der Waals surface area contributed by atoms with E-state index in [1.54, 1.807) is 4.68 Å². The number of nitrogens with zero attached hydrogens (tertiary/aromatic N) is 3. The highest BCUT2D eigenvalue weighted by molar-refractivity contribution is 5.80. The molecule has 2 rings (SSSR count). The van der Waals surface area contributed by atoms with E-state index in [-0.39, 0.29) is 0 Å². The molecule has 0 radical (unpaired) electrons. The molecule has 1 aromatic heterocycles. The Kier molecular flexibility index (Phi) is 4.29. The average Bonchev–Trinajstić information content (AvgIpc) is 2.74. The second kappa shape index (κ2) is 5.94. The summed E-state index contributed by atoms with van der Waals surface area (Å²) >= 11 is 0. The van der Waals surface area contributed by atoms with E-state index in [1.807, 2.05) is 7.05 Å². The van der Waals surface area contributed by atoms with Crippen molar-refractivity contribution in [3.8, 4) is 0 Å². The van der Waals surface area contributed by atoms with Gasteiger partial charge in [0.1, 0.15) is 17.9 Å². The van der Waals surface area contributed by atoms with Crippen molar-refractivity contribution in [3.63, 3.8) is 0 Å². The highest BCUT2D eigenvalue weighted by atomic mass is 16.1. The number of ketones is 1.